The van der Waals surface area contributed by atoms with Crippen LogP contribution in [0.4, 0.5) is 0 Å². The Hall–Kier alpha value is -2.87. The average molecular weight is 373 g/mol. The van der Waals surface area contributed by atoms with E-state index in [-0.39, 0.29) is 5.97 Å². The van der Waals surface area contributed by atoms with Crippen molar-refractivity contribution in [1.29, 1.82) is 0 Å². The SMILES string of the molecule is CCCCCc1ccc(-c2ccc(C(=O)Oc3ccc(CC)cc3)cc2)cc1. The quantitative estimate of drug-likeness (QED) is 0.245. The Morgan fingerprint density at radius 1 is 0.714 bits per heavy atom. The van der Waals surface area contributed by atoms with Crippen molar-refractivity contribution in [3.8, 4) is 16.9 Å². The summed E-state index contributed by atoms with van der Waals surface area (Å²) < 4.78 is 5.47. The number of carbonyl (C=O) groups excluding carboxylic acids is 1. The van der Waals surface area contributed by atoms with Gasteiger partial charge in [0, 0.05) is 0 Å². The highest BCUT2D eigenvalue weighted by Crippen LogP contribution is 2.22. The van der Waals surface area contributed by atoms with Crippen LogP contribution in [0.2, 0.25) is 0 Å². The largest absolute Gasteiger partial charge is 0.423 e. The van der Waals surface area contributed by atoms with Crippen molar-refractivity contribution in [2.75, 3.05) is 0 Å². The highest BCUT2D eigenvalue weighted by atomic mass is 16.5. The molecule has 0 radical (unpaired) electrons. The number of hydrogen-bond donors (Lipinski definition) is 0. The number of rotatable bonds is 8. The number of carbonyl (C=O) groups is 1. The molecule has 0 atom stereocenters. The number of benzene rings is 3. The molecule has 28 heavy (non-hydrogen) atoms. The Balaban J connectivity index is 1.62. The molecule has 0 amide bonds. The summed E-state index contributed by atoms with van der Waals surface area (Å²) in [6.07, 6.45) is 5.88. The summed E-state index contributed by atoms with van der Waals surface area (Å²) in [7, 11) is 0. The lowest BCUT2D eigenvalue weighted by Gasteiger charge is -2.07. The lowest BCUT2D eigenvalue weighted by Crippen LogP contribution is -2.08. The summed E-state index contributed by atoms with van der Waals surface area (Å²) in [5, 5.41) is 0. The molecule has 3 aromatic rings. The molecule has 2 heteroatoms. The van der Waals surface area contributed by atoms with Gasteiger partial charge < -0.3 is 4.74 Å². The van der Waals surface area contributed by atoms with E-state index < -0.39 is 0 Å². The smallest absolute Gasteiger partial charge is 0.343 e. The second-order valence-corrected chi connectivity index (χ2v) is 7.12. The van der Waals surface area contributed by atoms with E-state index in [1.165, 1.54) is 30.4 Å². The van der Waals surface area contributed by atoms with Gasteiger partial charge in [-0.05, 0) is 65.8 Å². The first-order valence-electron chi connectivity index (χ1n) is 10.2. The lowest BCUT2D eigenvalue weighted by atomic mass is 10.0. The van der Waals surface area contributed by atoms with E-state index in [1.807, 2.05) is 48.5 Å². The van der Waals surface area contributed by atoms with Crippen LogP contribution in [-0.2, 0) is 12.8 Å². The van der Waals surface area contributed by atoms with Crippen LogP contribution in [0.5, 0.6) is 5.75 Å². The fourth-order valence-electron chi connectivity index (χ4n) is 3.20. The standard InChI is InChI=1S/C26H28O2/c1-3-5-6-7-21-8-12-22(13-9-21)23-14-16-24(17-15-23)26(27)28-25-18-10-20(4-2)11-19-25/h8-19H,3-7H2,1-2H3. The summed E-state index contributed by atoms with van der Waals surface area (Å²) in [5.74, 6) is 0.243. The third kappa shape index (κ3) is 5.32. The fraction of sp³-hybridized carbons (Fsp3) is 0.269. The Kier molecular flexibility index (Phi) is 7.02. The Morgan fingerprint density at radius 2 is 1.29 bits per heavy atom. The third-order valence-electron chi connectivity index (χ3n) is 5.02. The van der Waals surface area contributed by atoms with Gasteiger partial charge in [0.05, 0.1) is 5.56 Å². The number of aryl methyl sites for hydroxylation is 2. The van der Waals surface area contributed by atoms with E-state index in [0.29, 0.717) is 11.3 Å². The van der Waals surface area contributed by atoms with Gasteiger partial charge in [0.15, 0.2) is 0 Å². The maximum atomic E-state index is 12.4. The van der Waals surface area contributed by atoms with E-state index in [4.69, 9.17) is 4.74 Å². The molecule has 0 unspecified atom stereocenters. The molecule has 0 aliphatic carbocycles. The van der Waals surface area contributed by atoms with Gasteiger partial charge in [-0.25, -0.2) is 4.79 Å². The van der Waals surface area contributed by atoms with Crippen LogP contribution in [0.25, 0.3) is 11.1 Å². The van der Waals surface area contributed by atoms with Crippen LogP contribution in [0.1, 0.15) is 54.6 Å². The van der Waals surface area contributed by atoms with E-state index in [1.54, 1.807) is 0 Å². The molecule has 144 valence electrons. The maximum absolute atomic E-state index is 12.4. The molecular weight excluding hydrogens is 344 g/mol. The van der Waals surface area contributed by atoms with Gasteiger partial charge in [-0.3, -0.25) is 0 Å². The zero-order chi connectivity index (χ0) is 19.8. The molecule has 2 nitrogen and oxygen atoms in total. The van der Waals surface area contributed by atoms with Crippen LogP contribution in [-0.4, -0.2) is 5.97 Å². The highest BCUT2D eigenvalue weighted by molar-refractivity contribution is 5.91. The zero-order valence-electron chi connectivity index (χ0n) is 16.8. The van der Waals surface area contributed by atoms with Crippen LogP contribution in [0.15, 0.2) is 72.8 Å². The molecule has 0 aliphatic heterocycles. The van der Waals surface area contributed by atoms with Gasteiger partial charge in [0.2, 0.25) is 0 Å². The first-order valence-corrected chi connectivity index (χ1v) is 10.2. The predicted molar refractivity (Wildman–Crippen MR) is 116 cm³/mol. The van der Waals surface area contributed by atoms with Crippen LogP contribution in [0.3, 0.4) is 0 Å². The molecule has 0 N–H and O–H groups in total. The molecule has 0 heterocycles. The highest BCUT2D eigenvalue weighted by Gasteiger charge is 2.09. The topological polar surface area (TPSA) is 26.3 Å². The number of unbranched alkanes of at least 4 members (excludes halogenated alkanes) is 2. The van der Waals surface area contributed by atoms with Gasteiger partial charge in [-0.1, -0.05) is 75.2 Å². The molecule has 0 saturated heterocycles. The molecule has 0 bridgehead atoms. The van der Waals surface area contributed by atoms with E-state index in [9.17, 15) is 4.79 Å². The Morgan fingerprint density at radius 3 is 1.86 bits per heavy atom. The van der Waals surface area contributed by atoms with E-state index in [2.05, 4.69) is 38.1 Å². The first-order chi connectivity index (χ1) is 13.7. The molecule has 0 aromatic heterocycles. The molecule has 0 fully saturated rings. The van der Waals surface area contributed by atoms with Crippen molar-refractivity contribution in [3.05, 3.63) is 89.5 Å². The minimum atomic E-state index is -0.331. The Labute approximate surface area is 168 Å². The van der Waals surface area contributed by atoms with Gasteiger partial charge >= 0.3 is 5.97 Å². The van der Waals surface area contributed by atoms with Crippen molar-refractivity contribution in [2.45, 2.75) is 46.0 Å². The molecule has 3 aromatic carbocycles. The third-order valence-corrected chi connectivity index (χ3v) is 5.02. The average Bonchev–Trinajstić information content (AvgIpc) is 2.75. The molecule has 3 rings (SSSR count). The van der Waals surface area contributed by atoms with Crippen molar-refractivity contribution < 1.29 is 9.53 Å². The number of esters is 1. The summed E-state index contributed by atoms with van der Waals surface area (Å²) in [6, 6.07) is 24.0. The minimum absolute atomic E-state index is 0.331. The molecular formula is C26H28O2. The van der Waals surface area contributed by atoms with Crippen LogP contribution >= 0.6 is 0 Å². The number of ether oxygens (including phenoxy) is 1. The van der Waals surface area contributed by atoms with Gasteiger partial charge in [-0.2, -0.15) is 0 Å². The first kappa shape index (κ1) is 19.9. The fourth-order valence-corrected chi connectivity index (χ4v) is 3.20. The van der Waals surface area contributed by atoms with E-state index in [0.717, 1.165) is 24.0 Å². The minimum Gasteiger partial charge on any atom is -0.423 e. The predicted octanol–water partition coefficient (Wildman–Crippen LogP) is 6.87. The summed E-state index contributed by atoms with van der Waals surface area (Å²) >= 11 is 0. The van der Waals surface area contributed by atoms with Crippen molar-refractivity contribution in [1.82, 2.24) is 0 Å². The maximum Gasteiger partial charge on any atom is 0.343 e. The molecule has 0 saturated carbocycles. The van der Waals surface area contributed by atoms with Crippen LogP contribution < -0.4 is 4.74 Å². The van der Waals surface area contributed by atoms with Crippen LogP contribution in [0, 0.1) is 0 Å². The molecule has 0 aliphatic rings. The van der Waals surface area contributed by atoms with Crippen molar-refractivity contribution >= 4 is 5.97 Å². The normalized spacial score (nSPS) is 10.6. The zero-order valence-corrected chi connectivity index (χ0v) is 16.8. The monoisotopic (exact) mass is 372 g/mol. The Bertz CT molecular complexity index is 875. The molecule has 0 spiro atoms. The van der Waals surface area contributed by atoms with Crippen molar-refractivity contribution in [3.63, 3.8) is 0 Å². The van der Waals surface area contributed by atoms with E-state index >= 15 is 0 Å². The lowest BCUT2D eigenvalue weighted by molar-refractivity contribution is 0.0735. The summed E-state index contributed by atoms with van der Waals surface area (Å²) in [4.78, 5) is 12.4. The van der Waals surface area contributed by atoms with Gasteiger partial charge in [-0.15, -0.1) is 0 Å². The van der Waals surface area contributed by atoms with Crippen molar-refractivity contribution in [2.24, 2.45) is 0 Å². The van der Waals surface area contributed by atoms with Gasteiger partial charge in [0.1, 0.15) is 5.75 Å². The summed E-state index contributed by atoms with van der Waals surface area (Å²) in [6.45, 7) is 4.33. The second kappa shape index (κ2) is 9.89. The number of hydrogen-bond acceptors (Lipinski definition) is 2. The second-order valence-electron chi connectivity index (χ2n) is 7.12. The summed E-state index contributed by atoms with van der Waals surface area (Å²) in [5.41, 5.74) is 5.42. The van der Waals surface area contributed by atoms with Gasteiger partial charge in [0.25, 0.3) is 0 Å².